The molecule has 0 spiro atoms. The predicted octanol–water partition coefficient (Wildman–Crippen LogP) is 3.66. The van der Waals surface area contributed by atoms with Crippen LogP contribution in [-0.2, 0) is 9.59 Å². The molecule has 0 amide bonds. The fraction of sp³-hybridized carbons (Fsp3) is 0.375. The van der Waals surface area contributed by atoms with E-state index < -0.39 is 10.8 Å². The number of carbonyl (C=O) groups is 2. The summed E-state index contributed by atoms with van der Waals surface area (Å²) >= 11 is 0. The van der Waals surface area contributed by atoms with Crippen molar-refractivity contribution in [2.75, 3.05) is 0 Å². The smallest absolute Gasteiger partial charge is 0.135 e. The Balaban J connectivity index is 6.22. The summed E-state index contributed by atoms with van der Waals surface area (Å²) in [5, 5.41) is 0. The summed E-state index contributed by atoms with van der Waals surface area (Å²) in [6.07, 6.45) is 15.8. The van der Waals surface area contributed by atoms with E-state index in [1.807, 2.05) is 27.7 Å². The minimum absolute atomic E-state index is 0.821. The Hall–Kier alpha value is -1.70. The number of carbonyl (C=O) groups excluding carboxylic acids is 2. The van der Waals surface area contributed by atoms with Gasteiger partial charge in [0.15, 0.2) is 0 Å². The van der Waals surface area contributed by atoms with Gasteiger partial charge in [-0.15, -0.1) is 0 Å². The molecule has 0 aromatic heterocycles. The molecule has 0 bridgehead atoms. The van der Waals surface area contributed by atoms with Crippen LogP contribution in [0.15, 0.2) is 48.6 Å². The van der Waals surface area contributed by atoms with E-state index in [0.717, 1.165) is 12.6 Å². The van der Waals surface area contributed by atoms with Crippen LogP contribution < -0.4 is 0 Å². The van der Waals surface area contributed by atoms with Crippen LogP contribution in [0.2, 0.25) is 0 Å². The molecule has 0 aliphatic rings. The molecule has 0 radical (unpaired) electrons. The SMILES string of the molecule is CC=CC(C=O)(C=CC)C(C=O)(C=CC)C=CC. The van der Waals surface area contributed by atoms with Gasteiger partial charge in [0.1, 0.15) is 12.6 Å². The summed E-state index contributed by atoms with van der Waals surface area (Å²) in [6.45, 7) is 7.34. The molecule has 0 aromatic rings. The van der Waals surface area contributed by atoms with Crippen LogP contribution in [0.25, 0.3) is 0 Å². The lowest BCUT2D eigenvalue weighted by Gasteiger charge is -2.36. The van der Waals surface area contributed by atoms with Gasteiger partial charge >= 0.3 is 0 Å². The first-order chi connectivity index (χ1) is 8.61. The third-order valence-electron chi connectivity index (χ3n) is 2.91. The summed E-state index contributed by atoms with van der Waals surface area (Å²) in [5.41, 5.74) is -1.95. The summed E-state index contributed by atoms with van der Waals surface area (Å²) in [7, 11) is 0. The zero-order valence-corrected chi connectivity index (χ0v) is 11.6. The fourth-order valence-electron chi connectivity index (χ4n) is 2.15. The van der Waals surface area contributed by atoms with Crippen LogP contribution >= 0.6 is 0 Å². The molecule has 0 aromatic carbocycles. The molecule has 0 saturated heterocycles. The molecule has 0 saturated carbocycles. The summed E-state index contributed by atoms with van der Waals surface area (Å²) in [6, 6.07) is 0. The van der Waals surface area contributed by atoms with Crippen molar-refractivity contribution in [3.8, 4) is 0 Å². The first-order valence-electron chi connectivity index (χ1n) is 6.10. The van der Waals surface area contributed by atoms with Crippen molar-refractivity contribution in [1.82, 2.24) is 0 Å². The number of hydrogen-bond donors (Lipinski definition) is 0. The van der Waals surface area contributed by atoms with Crippen LogP contribution in [0.1, 0.15) is 27.7 Å². The van der Waals surface area contributed by atoms with Crippen molar-refractivity contribution < 1.29 is 9.59 Å². The van der Waals surface area contributed by atoms with E-state index in [1.165, 1.54) is 0 Å². The van der Waals surface area contributed by atoms with Gasteiger partial charge in [-0.25, -0.2) is 0 Å². The number of hydrogen-bond acceptors (Lipinski definition) is 2. The topological polar surface area (TPSA) is 34.1 Å². The van der Waals surface area contributed by atoms with Crippen LogP contribution in [0.4, 0.5) is 0 Å². The maximum atomic E-state index is 11.6. The standard InChI is InChI=1S/C16H22O2/c1-5-9-15(13-17,10-6-2)16(14-18,11-7-3)12-8-4/h5-14H,1-4H3. The maximum absolute atomic E-state index is 11.6. The first-order valence-corrected chi connectivity index (χ1v) is 6.10. The van der Waals surface area contributed by atoms with Crippen LogP contribution in [0, 0.1) is 10.8 Å². The van der Waals surface area contributed by atoms with Crippen molar-refractivity contribution in [2.45, 2.75) is 27.7 Å². The van der Waals surface area contributed by atoms with Crippen molar-refractivity contribution in [1.29, 1.82) is 0 Å². The molecule has 2 nitrogen and oxygen atoms in total. The monoisotopic (exact) mass is 246 g/mol. The highest BCUT2D eigenvalue weighted by molar-refractivity contribution is 5.81. The van der Waals surface area contributed by atoms with Gasteiger partial charge in [-0.2, -0.15) is 0 Å². The lowest BCUT2D eigenvalue weighted by atomic mass is 9.63. The second kappa shape index (κ2) is 7.59. The Morgan fingerprint density at radius 2 is 0.778 bits per heavy atom. The molecule has 0 fully saturated rings. The molecule has 2 heteroatoms. The maximum Gasteiger partial charge on any atom is 0.135 e. The number of aldehydes is 2. The van der Waals surface area contributed by atoms with Gasteiger partial charge in [-0.05, 0) is 27.7 Å². The van der Waals surface area contributed by atoms with Crippen molar-refractivity contribution in [3.05, 3.63) is 48.6 Å². The molecule has 0 unspecified atom stereocenters. The van der Waals surface area contributed by atoms with Crippen molar-refractivity contribution >= 4 is 12.6 Å². The molecule has 0 rings (SSSR count). The van der Waals surface area contributed by atoms with Crippen molar-refractivity contribution in [2.24, 2.45) is 10.8 Å². The molecule has 0 aliphatic heterocycles. The zero-order chi connectivity index (χ0) is 14.1. The molecular formula is C16H22O2. The second-order valence-corrected chi connectivity index (χ2v) is 4.10. The molecular weight excluding hydrogens is 224 g/mol. The van der Waals surface area contributed by atoms with E-state index in [1.54, 1.807) is 48.6 Å². The van der Waals surface area contributed by atoms with Gasteiger partial charge in [0, 0.05) is 0 Å². The van der Waals surface area contributed by atoms with E-state index >= 15 is 0 Å². The largest absolute Gasteiger partial charge is 0.302 e. The Bertz CT molecular complexity index is 322. The highest BCUT2D eigenvalue weighted by Crippen LogP contribution is 2.42. The fourth-order valence-corrected chi connectivity index (χ4v) is 2.15. The van der Waals surface area contributed by atoms with Gasteiger partial charge < -0.3 is 9.59 Å². The second-order valence-electron chi connectivity index (χ2n) is 4.10. The van der Waals surface area contributed by atoms with Crippen LogP contribution in [0.5, 0.6) is 0 Å². The summed E-state index contributed by atoms with van der Waals surface area (Å²) in [5.74, 6) is 0. The lowest BCUT2D eigenvalue weighted by molar-refractivity contribution is -0.122. The minimum atomic E-state index is -0.975. The third kappa shape index (κ3) is 2.95. The Morgan fingerprint density at radius 3 is 0.889 bits per heavy atom. The quantitative estimate of drug-likeness (QED) is 0.507. The Morgan fingerprint density at radius 1 is 0.556 bits per heavy atom. The summed E-state index contributed by atoms with van der Waals surface area (Å²) < 4.78 is 0. The van der Waals surface area contributed by atoms with Crippen molar-refractivity contribution in [3.63, 3.8) is 0 Å². The van der Waals surface area contributed by atoms with Crippen LogP contribution in [0.3, 0.4) is 0 Å². The van der Waals surface area contributed by atoms with Gasteiger partial charge in [0.05, 0.1) is 10.8 Å². The van der Waals surface area contributed by atoms with E-state index in [0.29, 0.717) is 0 Å². The molecule has 0 N–H and O–H groups in total. The van der Waals surface area contributed by atoms with Gasteiger partial charge in [0.25, 0.3) is 0 Å². The normalized spacial score (nSPS) is 19.6. The van der Waals surface area contributed by atoms with E-state index in [2.05, 4.69) is 0 Å². The highest BCUT2D eigenvalue weighted by Gasteiger charge is 2.44. The van der Waals surface area contributed by atoms with E-state index in [4.69, 9.17) is 0 Å². The predicted molar refractivity (Wildman–Crippen MR) is 76.3 cm³/mol. The molecule has 18 heavy (non-hydrogen) atoms. The number of allylic oxidation sites excluding steroid dienone is 8. The average Bonchev–Trinajstić information content (AvgIpc) is 2.37. The van der Waals surface area contributed by atoms with Gasteiger partial charge in [-0.1, -0.05) is 48.6 Å². The lowest BCUT2D eigenvalue weighted by Crippen LogP contribution is -2.39. The third-order valence-corrected chi connectivity index (χ3v) is 2.91. The Kier molecular flexibility index (Phi) is 6.88. The van der Waals surface area contributed by atoms with Crippen LogP contribution in [-0.4, -0.2) is 12.6 Å². The Labute approximate surface area is 110 Å². The molecule has 0 heterocycles. The minimum Gasteiger partial charge on any atom is -0.302 e. The summed E-state index contributed by atoms with van der Waals surface area (Å²) in [4.78, 5) is 23.3. The average molecular weight is 246 g/mol. The van der Waals surface area contributed by atoms with Gasteiger partial charge in [0.2, 0.25) is 0 Å². The molecule has 0 aliphatic carbocycles. The van der Waals surface area contributed by atoms with Gasteiger partial charge in [-0.3, -0.25) is 0 Å². The van der Waals surface area contributed by atoms with E-state index in [9.17, 15) is 9.59 Å². The molecule has 98 valence electrons. The zero-order valence-electron chi connectivity index (χ0n) is 11.6. The first kappa shape index (κ1) is 16.3. The number of rotatable bonds is 7. The molecule has 0 atom stereocenters. The van der Waals surface area contributed by atoms with E-state index in [-0.39, 0.29) is 0 Å². The highest BCUT2D eigenvalue weighted by atomic mass is 16.1.